The predicted molar refractivity (Wildman–Crippen MR) is 138 cm³/mol. The average molecular weight is 465 g/mol. The monoisotopic (exact) mass is 464 g/mol. The Kier molecular flexibility index (Phi) is 6.29. The molecule has 176 valence electrons. The van der Waals surface area contributed by atoms with Gasteiger partial charge in [0.25, 0.3) is 0 Å². The summed E-state index contributed by atoms with van der Waals surface area (Å²) < 4.78 is 5.51. The third kappa shape index (κ3) is 4.93. The molecule has 0 radical (unpaired) electrons. The quantitative estimate of drug-likeness (QED) is 0.366. The highest BCUT2D eigenvalue weighted by atomic mass is 16.5. The molecule has 1 aromatic heterocycles. The molecule has 0 aliphatic rings. The van der Waals surface area contributed by atoms with Gasteiger partial charge in [-0.2, -0.15) is 4.98 Å². The summed E-state index contributed by atoms with van der Waals surface area (Å²) in [5.74, 6) is 0.772. The van der Waals surface area contributed by atoms with E-state index in [4.69, 9.17) is 10.3 Å². The number of likely N-dealkylation sites (N-methyl/N-ethyl adjacent to an activating group) is 1. The lowest BCUT2D eigenvalue weighted by atomic mass is 9.99. The number of nitrogens with zero attached hydrogens (tertiary/aromatic N) is 3. The number of amides is 1. The summed E-state index contributed by atoms with van der Waals surface area (Å²) in [6.45, 7) is 1.77. The third-order valence-corrected chi connectivity index (χ3v) is 6.47. The molecule has 2 N–H and O–H groups in total. The van der Waals surface area contributed by atoms with Crippen LogP contribution in [0.5, 0.6) is 0 Å². The Hall–Kier alpha value is -4.03. The highest BCUT2D eigenvalue weighted by molar-refractivity contribution is 5.85. The average Bonchev–Trinajstić information content (AvgIpc) is 3.32. The normalized spacial score (nSPS) is 13.1. The first kappa shape index (κ1) is 22.7. The van der Waals surface area contributed by atoms with E-state index in [2.05, 4.69) is 64.7 Å². The van der Waals surface area contributed by atoms with Crippen LogP contribution in [0.25, 0.3) is 21.5 Å². The lowest BCUT2D eigenvalue weighted by molar-refractivity contribution is -0.134. The first-order chi connectivity index (χ1) is 17.0. The van der Waals surface area contributed by atoms with E-state index in [1.807, 2.05) is 30.3 Å². The Morgan fingerprint density at radius 3 is 1.94 bits per heavy atom. The number of hydrogen-bond donors (Lipinski definition) is 1. The molecule has 0 aliphatic heterocycles. The van der Waals surface area contributed by atoms with E-state index >= 15 is 0 Å². The van der Waals surface area contributed by atoms with Crippen LogP contribution in [0.3, 0.4) is 0 Å². The van der Waals surface area contributed by atoms with Crippen LogP contribution in [0.4, 0.5) is 0 Å². The van der Waals surface area contributed by atoms with Crippen molar-refractivity contribution in [1.29, 1.82) is 0 Å². The zero-order valence-electron chi connectivity index (χ0n) is 19.9. The molecule has 35 heavy (non-hydrogen) atoms. The van der Waals surface area contributed by atoms with Gasteiger partial charge in [0.1, 0.15) is 6.04 Å². The zero-order chi connectivity index (χ0) is 24.4. The second kappa shape index (κ2) is 9.68. The summed E-state index contributed by atoms with van der Waals surface area (Å²) in [6.07, 6.45) is 0.983. The molecule has 1 heterocycles. The Bertz CT molecular complexity index is 1490. The first-order valence-corrected chi connectivity index (χ1v) is 11.8. The van der Waals surface area contributed by atoms with Crippen molar-refractivity contribution in [1.82, 2.24) is 15.0 Å². The van der Waals surface area contributed by atoms with E-state index in [-0.39, 0.29) is 5.91 Å². The number of hydrogen-bond acceptors (Lipinski definition) is 5. The van der Waals surface area contributed by atoms with E-state index in [0.717, 1.165) is 27.3 Å². The number of carbonyl (C=O) groups is 1. The molecule has 4 aromatic carbocycles. The van der Waals surface area contributed by atoms with Gasteiger partial charge in [-0.3, -0.25) is 4.79 Å². The van der Waals surface area contributed by atoms with Crippen molar-refractivity contribution in [2.24, 2.45) is 5.73 Å². The third-order valence-electron chi connectivity index (χ3n) is 6.47. The van der Waals surface area contributed by atoms with Gasteiger partial charge in [-0.15, -0.1) is 0 Å². The fourth-order valence-corrected chi connectivity index (χ4v) is 4.55. The van der Waals surface area contributed by atoms with Gasteiger partial charge >= 0.3 is 0 Å². The summed E-state index contributed by atoms with van der Waals surface area (Å²) in [7, 11) is 1.76. The largest absolute Gasteiger partial charge is 0.337 e. The molecule has 1 amide bonds. The van der Waals surface area contributed by atoms with Crippen LogP contribution in [0.2, 0.25) is 0 Å². The zero-order valence-corrected chi connectivity index (χ0v) is 19.9. The van der Waals surface area contributed by atoms with E-state index in [9.17, 15) is 4.79 Å². The Morgan fingerprint density at radius 1 is 0.857 bits per heavy atom. The van der Waals surface area contributed by atoms with Gasteiger partial charge in [0.05, 0.1) is 6.04 Å². The SMILES string of the molecule is Cc1noc(C(Cc2ccc3ccccc3c2)N(C)C(=O)C(N)Cc2ccc3ccccc3c2)n1. The molecule has 5 aromatic rings. The van der Waals surface area contributed by atoms with Crippen molar-refractivity contribution >= 4 is 27.5 Å². The molecule has 0 saturated heterocycles. The molecule has 0 aliphatic carbocycles. The number of fused-ring (bicyclic) bond motifs is 2. The van der Waals surface area contributed by atoms with Crippen LogP contribution in [0.1, 0.15) is 28.9 Å². The van der Waals surface area contributed by atoms with Crippen molar-refractivity contribution in [3.63, 3.8) is 0 Å². The Labute approximate surface area is 204 Å². The summed E-state index contributed by atoms with van der Waals surface area (Å²) in [4.78, 5) is 19.5. The van der Waals surface area contributed by atoms with Gasteiger partial charge in [0, 0.05) is 13.5 Å². The van der Waals surface area contributed by atoms with Crippen LogP contribution in [0.15, 0.2) is 89.5 Å². The van der Waals surface area contributed by atoms with Crippen LogP contribution < -0.4 is 5.73 Å². The van der Waals surface area contributed by atoms with E-state index < -0.39 is 12.1 Å². The molecule has 6 nitrogen and oxygen atoms in total. The lowest BCUT2D eigenvalue weighted by Crippen LogP contribution is -2.45. The second-order valence-corrected chi connectivity index (χ2v) is 9.02. The van der Waals surface area contributed by atoms with Crippen molar-refractivity contribution < 1.29 is 9.32 Å². The van der Waals surface area contributed by atoms with Crippen molar-refractivity contribution in [2.75, 3.05) is 7.05 Å². The van der Waals surface area contributed by atoms with Gasteiger partial charge in [0.2, 0.25) is 11.8 Å². The van der Waals surface area contributed by atoms with Crippen molar-refractivity contribution in [2.45, 2.75) is 31.8 Å². The molecule has 0 spiro atoms. The number of carbonyl (C=O) groups excluding carboxylic acids is 1. The van der Waals surface area contributed by atoms with Crippen molar-refractivity contribution in [3.05, 3.63) is 108 Å². The van der Waals surface area contributed by atoms with Crippen LogP contribution in [0, 0.1) is 6.92 Å². The summed E-state index contributed by atoms with van der Waals surface area (Å²) in [5.41, 5.74) is 8.53. The summed E-state index contributed by atoms with van der Waals surface area (Å²) >= 11 is 0. The smallest absolute Gasteiger partial charge is 0.249 e. The van der Waals surface area contributed by atoms with Gasteiger partial charge in [0.15, 0.2) is 5.82 Å². The topological polar surface area (TPSA) is 85.2 Å². The van der Waals surface area contributed by atoms with Gasteiger partial charge in [-0.1, -0.05) is 90.1 Å². The predicted octanol–water partition coefficient (Wildman–Crippen LogP) is 5.00. The lowest BCUT2D eigenvalue weighted by Gasteiger charge is -2.28. The highest BCUT2D eigenvalue weighted by Gasteiger charge is 2.30. The maximum atomic E-state index is 13.4. The molecule has 0 fully saturated rings. The van der Waals surface area contributed by atoms with E-state index in [0.29, 0.717) is 24.6 Å². The molecule has 5 rings (SSSR count). The number of rotatable bonds is 7. The fourth-order valence-electron chi connectivity index (χ4n) is 4.55. The Balaban J connectivity index is 1.38. The minimum absolute atomic E-state index is 0.167. The number of nitrogens with two attached hydrogens (primary N) is 1. The molecular formula is C29H28N4O2. The van der Waals surface area contributed by atoms with Crippen LogP contribution >= 0.6 is 0 Å². The molecule has 0 bridgehead atoms. The Morgan fingerprint density at radius 2 is 1.40 bits per heavy atom. The maximum Gasteiger partial charge on any atom is 0.249 e. The van der Waals surface area contributed by atoms with Crippen molar-refractivity contribution in [3.8, 4) is 0 Å². The van der Waals surface area contributed by atoms with Crippen LogP contribution in [-0.4, -0.2) is 34.0 Å². The fraction of sp³-hybridized carbons (Fsp3) is 0.207. The molecule has 6 heteroatoms. The summed E-state index contributed by atoms with van der Waals surface area (Å²) in [5, 5.41) is 8.57. The first-order valence-electron chi connectivity index (χ1n) is 11.8. The second-order valence-electron chi connectivity index (χ2n) is 9.02. The molecule has 2 atom stereocenters. The maximum absolute atomic E-state index is 13.4. The molecule has 0 saturated carbocycles. The van der Waals surface area contributed by atoms with Gasteiger partial charge < -0.3 is 15.2 Å². The number of benzene rings is 4. The molecule has 2 unspecified atom stereocenters. The minimum atomic E-state index is -0.690. The minimum Gasteiger partial charge on any atom is -0.337 e. The standard InChI is InChI=1S/C29H28N4O2/c1-19-31-28(35-32-19)27(18-21-12-14-23-8-4-6-10-25(23)16-21)33(2)29(34)26(30)17-20-11-13-22-7-3-5-9-24(22)15-20/h3-16,26-27H,17-18,30H2,1-2H3. The number of aromatic nitrogens is 2. The summed E-state index contributed by atoms with van der Waals surface area (Å²) in [6, 6.07) is 27.7. The van der Waals surface area contributed by atoms with E-state index in [1.54, 1.807) is 18.9 Å². The van der Waals surface area contributed by atoms with Gasteiger partial charge in [-0.25, -0.2) is 0 Å². The number of aryl methyl sites for hydroxylation is 1. The van der Waals surface area contributed by atoms with Crippen LogP contribution in [-0.2, 0) is 17.6 Å². The molecular weight excluding hydrogens is 436 g/mol. The van der Waals surface area contributed by atoms with Gasteiger partial charge in [-0.05, 0) is 46.0 Å². The van der Waals surface area contributed by atoms with E-state index in [1.165, 1.54) is 5.39 Å². The highest BCUT2D eigenvalue weighted by Crippen LogP contribution is 2.26.